The third-order valence-corrected chi connectivity index (χ3v) is 7.39. The molecule has 0 aromatic heterocycles. The first kappa shape index (κ1) is 27.5. The second-order valence-corrected chi connectivity index (χ2v) is 10.3. The maximum Gasteiger partial charge on any atom is 0.240 e. The molecule has 8 heteroatoms. The molecule has 0 saturated carbocycles. The number of benzene rings is 1. The molecule has 1 aliphatic rings. The van der Waals surface area contributed by atoms with E-state index < -0.39 is 10.0 Å². The quantitative estimate of drug-likeness (QED) is 0.337. The van der Waals surface area contributed by atoms with E-state index in [4.69, 9.17) is 0 Å². The molecule has 0 radical (unpaired) electrons. The molecule has 0 amide bonds. The van der Waals surface area contributed by atoms with E-state index in [1.807, 2.05) is 50.3 Å². The number of likely N-dealkylation sites (N-methyl/N-ethyl adjacent to an activating group) is 1. The van der Waals surface area contributed by atoms with Crippen molar-refractivity contribution in [2.24, 2.45) is 0 Å². The van der Waals surface area contributed by atoms with Crippen molar-refractivity contribution in [3.63, 3.8) is 0 Å². The van der Waals surface area contributed by atoms with Gasteiger partial charge in [0.15, 0.2) is 0 Å². The fraction of sp³-hybridized carbons (Fsp3) is 0.600. The van der Waals surface area contributed by atoms with Gasteiger partial charge < -0.3 is 20.4 Å². The highest BCUT2D eigenvalue weighted by molar-refractivity contribution is 7.98. The highest BCUT2D eigenvalue weighted by Crippen LogP contribution is 2.33. The molecule has 0 aliphatic heterocycles. The minimum atomic E-state index is -3.58. The Morgan fingerprint density at radius 3 is 2.55 bits per heavy atom. The Morgan fingerprint density at radius 2 is 1.82 bits per heavy atom. The molecule has 0 bridgehead atoms. The highest BCUT2D eigenvalue weighted by Gasteiger charge is 2.23. The first-order chi connectivity index (χ1) is 15.9. The van der Waals surface area contributed by atoms with Crippen molar-refractivity contribution in [2.75, 3.05) is 71.9 Å². The van der Waals surface area contributed by atoms with Gasteiger partial charge in [-0.2, -0.15) is 0 Å². The van der Waals surface area contributed by atoms with Crippen LogP contribution < -0.4 is 20.3 Å². The van der Waals surface area contributed by atoms with E-state index in [9.17, 15) is 8.42 Å². The second-order valence-electron chi connectivity index (χ2n) is 8.57. The van der Waals surface area contributed by atoms with Crippen molar-refractivity contribution in [3.8, 4) is 0 Å². The van der Waals surface area contributed by atoms with Crippen LogP contribution in [0.2, 0.25) is 0 Å². The number of allylic oxidation sites excluding steroid dienone is 2. The molecule has 0 atom stereocenters. The van der Waals surface area contributed by atoms with Crippen molar-refractivity contribution in [3.05, 3.63) is 41.5 Å². The van der Waals surface area contributed by atoms with Crippen molar-refractivity contribution in [2.45, 2.75) is 32.6 Å². The van der Waals surface area contributed by atoms with Gasteiger partial charge >= 0.3 is 0 Å². The van der Waals surface area contributed by atoms with Gasteiger partial charge in [0.1, 0.15) is 0 Å². The number of fused-ring (bicyclic) bond motifs is 1. The summed E-state index contributed by atoms with van der Waals surface area (Å²) in [5, 5.41) is 6.62. The van der Waals surface area contributed by atoms with Gasteiger partial charge in [-0.3, -0.25) is 0 Å². The molecular formula is C25H43N5O2S. The van der Waals surface area contributed by atoms with E-state index in [0.29, 0.717) is 17.9 Å². The summed E-state index contributed by atoms with van der Waals surface area (Å²) in [5.41, 5.74) is 2.74. The summed E-state index contributed by atoms with van der Waals surface area (Å²) >= 11 is 0. The summed E-state index contributed by atoms with van der Waals surface area (Å²) in [7, 11) is 2.36. The molecule has 7 nitrogen and oxygen atoms in total. The van der Waals surface area contributed by atoms with E-state index in [1.54, 1.807) is 0 Å². The summed E-state index contributed by atoms with van der Waals surface area (Å²) < 4.78 is 29.2. The molecule has 1 aromatic carbocycles. The van der Waals surface area contributed by atoms with Crippen LogP contribution in [0, 0.1) is 0 Å². The zero-order chi connectivity index (χ0) is 24.1. The van der Waals surface area contributed by atoms with Gasteiger partial charge in [-0.05, 0) is 65.0 Å². The van der Waals surface area contributed by atoms with Crippen LogP contribution in [0.1, 0.15) is 43.7 Å². The number of hydrogen-bond acceptors (Lipinski definition) is 6. The zero-order valence-electron chi connectivity index (χ0n) is 20.9. The van der Waals surface area contributed by atoms with Gasteiger partial charge in [-0.15, -0.1) is 0 Å². The van der Waals surface area contributed by atoms with Crippen molar-refractivity contribution in [1.82, 2.24) is 20.3 Å². The highest BCUT2D eigenvalue weighted by atomic mass is 32.2. The van der Waals surface area contributed by atoms with Crippen LogP contribution in [0.25, 0.3) is 11.0 Å². The lowest BCUT2D eigenvalue weighted by Gasteiger charge is -2.21. The van der Waals surface area contributed by atoms with Crippen molar-refractivity contribution < 1.29 is 8.42 Å². The number of hydrogen-bond donors (Lipinski definition) is 3. The Hall–Kier alpha value is -1.71. The molecule has 0 saturated heterocycles. The summed E-state index contributed by atoms with van der Waals surface area (Å²) in [6, 6.07) is 5.85. The topological polar surface area (TPSA) is 76.7 Å². The fourth-order valence-corrected chi connectivity index (χ4v) is 5.35. The van der Waals surface area contributed by atoms with E-state index in [2.05, 4.69) is 39.3 Å². The predicted molar refractivity (Wildman–Crippen MR) is 142 cm³/mol. The maximum absolute atomic E-state index is 13.2. The fourth-order valence-electron chi connectivity index (χ4n) is 3.98. The normalized spacial score (nSPS) is 16.6. The van der Waals surface area contributed by atoms with E-state index >= 15 is 0 Å². The number of nitrogens with one attached hydrogen (secondary N) is 3. The molecule has 0 fully saturated rings. The maximum atomic E-state index is 13.2. The minimum Gasteiger partial charge on any atom is -0.377 e. The lowest BCUT2D eigenvalue weighted by Crippen LogP contribution is -2.35. The summed E-state index contributed by atoms with van der Waals surface area (Å²) in [5.74, 6) is 0. The van der Waals surface area contributed by atoms with Gasteiger partial charge in [-0.25, -0.2) is 13.1 Å². The first-order valence-electron chi connectivity index (χ1n) is 12.2. The Bertz CT molecular complexity index is 881. The molecule has 3 N–H and O–H groups in total. The van der Waals surface area contributed by atoms with Gasteiger partial charge in [0.25, 0.3) is 0 Å². The molecule has 1 aromatic rings. The summed E-state index contributed by atoms with van der Waals surface area (Å²) in [6.07, 6.45) is 9.46. The molecule has 0 unspecified atom stereocenters. The van der Waals surface area contributed by atoms with Crippen LogP contribution in [-0.4, -0.2) is 80.3 Å². The molecule has 186 valence electrons. The van der Waals surface area contributed by atoms with Gasteiger partial charge in [0, 0.05) is 50.5 Å². The minimum absolute atomic E-state index is 0.388. The largest absolute Gasteiger partial charge is 0.377 e. The second kappa shape index (κ2) is 14.5. The zero-order valence-corrected chi connectivity index (χ0v) is 21.7. The van der Waals surface area contributed by atoms with Crippen LogP contribution in [0.4, 0.5) is 5.69 Å². The lowest BCUT2D eigenvalue weighted by atomic mass is 10.0. The van der Waals surface area contributed by atoms with Crippen LogP contribution in [0.15, 0.2) is 30.4 Å². The molecular weight excluding hydrogens is 434 g/mol. The molecule has 0 heterocycles. The van der Waals surface area contributed by atoms with Crippen LogP contribution in [0.5, 0.6) is 0 Å². The number of rotatable bonds is 15. The summed E-state index contributed by atoms with van der Waals surface area (Å²) in [6.45, 7) is 8.51. The Kier molecular flexibility index (Phi) is 12.1. The van der Waals surface area contributed by atoms with Crippen molar-refractivity contribution >= 4 is 26.7 Å². The van der Waals surface area contributed by atoms with E-state index in [0.717, 1.165) is 75.3 Å². The Morgan fingerprint density at radius 1 is 1.00 bits per heavy atom. The van der Waals surface area contributed by atoms with Gasteiger partial charge in [0.2, 0.25) is 10.0 Å². The van der Waals surface area contributed by atoms with Gasteiger partial charge in [0.05, 0.1) is 4.91 Å². The Balaban J connectivity index is 1.87. The Labute approximate surface area is 201 Å². The van der Waals surface area contributed by atoms with Crippen molar-refractivity contribution in [1.29, 1.82) is 0 Å². The third kappa shape index (κ3) is 8.87. The summed E-state index contributed by atoms with van der Waals surface area (Å²) in [4.78, 5) is 4.84. The third-order valence-electron chi connectivity index (χ3n) is 5.84. The van der Waals surface area contributed by atoms with Crippen LogP contribution in [0.3, 0.4) is 0 Å². The first-order valence-corrected chi connectivity index (χ1v) is 13.6. The average Bonchev–Trinajstić information content (AvgIpc) is 2.77. The predicted octanol–water partition coefficient (Wildman–Crippen LogP) is 2.73. The number of sulfonamides is 1. The number of anilines is 1. The van der Waals surface area contributed by atoms with E-state index in [1.165, 1.54) is 0 Å². The molecule has 2 rings (SSSR count). The standard InChI is InChI=1S/C25H43N5O2S/c1-5-30(20-11-16-26-2)21-19-27-17-10-18-28-33(31,32)25-15-8-6-7-12-22-23(25)13-9-14-24(22)29(3)4/h7,9,12-15,26-28H,5-6,8,10-11,16-21H2,1-4H3/b12-7-,25-15+. The molecule has 1 aliphatic carbocycles. The van der Waals surface area contributed by atoms with Crippen LogP contribution in [-0.2, 0) is 10.0 Å². The smallest absolute Gasteiger partial charge is 0.240 e. The molecule has 0 spiro atoms. The van der Waals surface area contributed by atoms with Crippen LogP contribution >= 0.6 is 0 Å². The lowest BCUT2D eigenvalue weighted by molar-refractivity contribution is 0.283. The molecule has 33 heavy (non-hydrogen) atoms. The number of nitrogens with zero attached hydrogens (tertiary/aromatic N) is 2. The van der Waals surface area contributed by atoms with Gasteiger partial charge in [-0.1, -0.05) is 37.3 Å². The monoisotopic (exact) mass is 477 g/mol. The van der Waals surface area contributed by atoms with E-state index in [-0.39, 0.29) is 0 Å². The average molecular weight is 478 g/mol. The SMILES string of the molecule is CCN(CCCNC)CCNCCCNS(=O)(=O)/C1=C/CC/C=C\c2c1cccc2N(C)C.